The number of aryl methyl sites for hydroxylation is 2. The van der Waals surface area contributed by atoms with Crippen LogP contribution in [0.15, 0.2) is 23.2 Å². The Balaban J connectivity index is 0.00000280. The number of benzene rings is 1. The van der Waals surface area contributed by atoms with E-state index in [1.165, 1.54) is 42.6 Å². The minimum atomic E-state index is 0. The lowest BCUT2D eigenvalue weighted by Crippen LogP contribution is -2.58. The van der Waals surface area contributed by atoms with Crippen LogP contribution in [-0.4, -0.2) is 62.8 Å². The van der Waals surface area contributed by atoms with Gasteiger partial charge in [0.15, 0.2) is 5.96 Å². The van der Waals surface area contributed by atoms with Crippen LogP contribution >= 0.6 is 24.0 Å². The lowest BCUT2D eigenvalue weighted by atomic mass is 9.88. The number of halogens is 1. The molecule has 0 spiro atoms. The molecule has 0 amide bonds. The minimum absolute atomic E-state index is 0. The molecule has 158 valence electrons. The maximum Gasteiger partial charge on any atom is 0.191 e. The van der Waals surface area contributed by atoms with Crippen molar-refractivity contribution < 1.29 is 4.74 Å². The Bertz CT molecular complexity index is 617. The van der Waals surface area contributed by atoms with E-state index in [-0.39, 0.29) is 29.5 Å². The molecule has 2 aliphatic heterocycles. The number of rotatable bonds is 6. The summed E-state index contributed by atoms with van der Waals surface area (Å²) in [6.07, 6.45) is 5.88. The van der Waals surface area contributed by atoms with Crippen molar-refractivity contribution in [2.75, 3.05) is 46.4 Å². The summed E-state index contributed by atoms with van der Waals surface area (Å²) < 4.78 is 5.65. The predicted molar refractivity (Wildman–Crippen MR) is 128 cm³/mol. The normalized spacial score (nSPS) is 19.9. The maximum atomic E-state index is 5.65. The Morgan fingerprint density at radius 2 is 1.71 bits per heavy atom. The third-order valence-electron chi connectivity index (χ3n) is 6.00. The van der Waals surface area contributed by atoms with Gasteiger partial charge in [0, 0.05) is 38.9 Å². The van der Waals surface area contributed by atoms with E-state index in [0.717, 1.165) is 51.5 Å². The van der Waals surface area contributed by atoms with Crippen LogP contribution in [-0.2, 0) is 11.2 Å². The van der Waals surface area contributed by atoms with Crippen LogP contribution in [0, 0.1) is 13.8 Å². The highest BCUT2D eigenvalue weighted by atomic mass is 127. The minimum Gasteiger partial charge on any atom is -0.381 e. The average molecular weight is 500 g/mol. The SMILES string of the molecule is CN=C(NCCc1cc(C)cc(C)c1)NCC1(N2CCCC2)CCOCC1.I. The van der Waals surface area contributed by atoms with Crippen molar-refractivity contribution in [3.63, 3.8) is 0 Å². The largest absolute Gasteiger partial charge is 0.381 e. The molecule has 0 aliphatic carbocycles. The van der Waals surface area contributed by atoms with E-state index in [9.17, 15) is 0 Å². The first-order valence-corrected chi connectivity index (χ1v) is 10.5. The van der Waals surface area contributed by atoms with Gasteiger partial charge in [-0.2, -0.15) is 0 Å². The van der Waals surface area contributed by atoms with Crippen molar-refractivity contribution in [3.8, 4) is 0 Å². The van der Waals surface area contributed by atoms with Gasteiger partial charge in [-0.15, -0.1) is 24.0 Å². The Kier molecular flexibility index (Phi) is 9.50. The van der Waals surface area contributed by atoms with Crippen LogP contribution in [0.2, 0.25) is 0 Å². The van der Waals surface area contributed by atoms with Crippen molar-refractivity contribution in [2.45, 2.75) is 51.5 Å². The fourth-order valence-electron chi connectivity index (χ4n) is 4.56. The lowest BCUT2D eigenvalue weighted by Gasteiger charge is -2.45. The lowest BCUT2D eigenvalue weighted by molar-refractivity contribution is -0.0164. The highest BCUT2D eigenvalue weighted by Crippen LogP contribution is 2.30. The molecule has 3 rings (SSSR count). The summed E-state index contributed by atoms with van der Waals surface area (Å²) in [5.41, 5.74) is 4.27. The Morgan fingerprint density at radius 3 is 2.32 bits per heavy atom. The molecular formula is C22H37IN4O. The Morgan fingerprint density at radius 1 is 1.07 bits per heavy atom. The molecule has 0 atom stereocenters. The molecule has 2 N–H and O–H groups in total. The van der Waals surface area contributed by atoms with Crippen molar-refractivity contribution in [1.82, 2.24) is 15.5 Å². The maximum absolute atomic E-state index is 5.65. The first-order chi connectivity index (χ1) is 13.1. The van der Waals surface area contributed by atoms with E-state index in [2.05, 4.69) is 52.6 Å². The van der Waals surface area contributed by atoms with E-state index < -0.39 is 0 Å². The van der Waals surface area contributed by atoms with Crippen LogP contribution in [0.25, 0.3) is 0 Å². The van der Waals surface area contributed by atoms with Crippen LogP contribution in [0.3, 0.4) is 0 Å². The van der Waals surface area contributed by atoms with Crippen LogP contribution < -0.4 is 10.6 Å². The standard InChI is InChI=1S/C22H36N4O.HI/c1-18-14-19(2)16-20(15-18)6-9-24-21(23-3)25-17-22(7-12-27-13-8-22)26-10-4-5-11-26;/h14-16H,4-13,17H2,1-3H3,(H2,23,24,25);1H. The smallest absolute Gasteiger partial charge is 0.191 e. The van der Waals surface area contributed by atoms with Gasteiger partial charge in [-0.3, -0.25) is 9.89 Å². The van der Waals surface area contributed by atoms with E-state index in [1.807, 2.05) is 7.05 Å². The number of nitrogens with zero attached hydrogens (tertiary/aromatic N) is 2. The number of likely N-dealkylation sites (tertiary alicyclic amines) is 1. The summed E-state index contributed by atoms with van der Waals surface area (Å²) in [5.74, 6) is 0.907. The number of nitrogens with one attached hydrogen (secondary N) is 2. The molecule has 2 saturated heterocycles. The van der Waals surface area contributed by atoms with Gasteiger partial charge in [0.1, 0.15) is 0 Å². The van der Waals surface area contributed by atoms with Gasteiger partial charge >= 0.3 is 0 Å². The summed E-state index contributed by atoms with van der Waals surface area (Å²) in [4.78, 5) is 7.13. The summed E-state index contributed by atoms with van der Waals surface area (Å²) in [7, 11) is 1.86. The second-order valence-electron chi connectivity index (χ2n) is 8.13. The van der Waals surface area contributed by atoms with Crippen LogP contribution in [0.1, 0.15) is 42.4 Å². The summed E-state index contributed by atoms with van der Waals surface area (Å²) >= 11 is 0. The molecule has 0 radical (unpaired) electrons. The van der Waals surface area contributed by atoms with Crippen molar-refractivity contribution >= 4 is 29.9 Å². The van der Waals surface area contributed by atoms with Gasteiger partial charge in [-0.25, -0.2) is 0 Å². The Hall–Kier alpha value is -0.860. The fourth-order valence-corrected chi connectivity index (χ4v) is 4.56. The molecular weight excluding hydrogens is 463 g/mol. The molecule has 1 aromatic carbocycles. The first kappa shape index (κ1) is 23.4. The molecule has 0 aromatic heterocycles. The zero-order valence-electron chi connectivity index (χ0n) is 17.7. The molecule has 0 saturated carbocycles. The van der Waals surface area contributed by atoms with Gasteiger partial charge in [0.2, 0.25) is 0 Å². The third-order valence-corrected chi connectivity index (χ3v) is 6.00. The van der Waals surface area contributed by atoms with E-state index in [0.29, 0.717) is 0 Å². The molecule has 0 bridgehead atoms. The molecule has 6 heteroatoms. The van der Waals surface area contributed by atoms with Gasteiger partial charge in [0.05, 0.1) is 0 Å². The molecule has 0 unspecified atom stereocenters. The zero-order chi connectivity index (χ0) is 19.1. The highest BCUT2D eigenvalue weighted by Gasteiger charge is 2.39. The molecule has 2 fully saturated rings. The van der Waals surface area contributed by atoms with Crippen molar-refractivity contribution in [2.24, 2.45) is 4.99 Å². The van der Waals surface area contributed by atoms with Gasteiger partial charge < -0.3 is 15.4 Å². The second-order valence-corrected chi connectivity index (χ2v) is 8.13. The number of hydrogen-bond acceptors (Lipinski definition) is 3. The zero-order valence-corrected chi connectivity index (χ0v) is 20.1. The summed E-state index contributed by atoms with van der Waals surface area (Å²) in [6.45, 7) is 10.4. The highest BCUT2D eigenvalue weighted by molar-refractivity contribution is 14.0. The van der Waals surface area contributed by atoms with Crippen LogP contribution in [0.4, 0.5) is 0 Å². The van der Waals surface area contributed by atoms with Crippen molar-refractivity contribution in [3.05, 3.63) is 34.9 Å². The fraction of sp³-hybridized carbons (Fsp3) is 0.682. The predicted octanol–water partition coefficient (Wildman–Crippen LogP) is 3.27. The average Bonchev–Trinajstić information content (AvgIpc) is 3.20. The molecule has 28 heavy (non-hydrogen) atoms. The van der Waals surface area contributed by atoms with Gasteiger partial charge in [0.25, 0.3) is 0 Å². The molecule has 2 aliphatic rings. The second kappa shape index (κ2) is 11.4. The van der Waals surface area contributed by atoms with Crippen molar-refractivity contribution in [1.29, 1.82) is 0 Å². The van der Waals surface area contributed by atoms with Crippen LogP contribution in [0.5, 0.6) is 0 Å². The van der Waals surface area contributed by atoms with E-state index in [1.54, 1.807) is 0 Å². The van der Waals surface area contributed by atoms with E-state index in [4.69, 9.17) is 4.74 Å². The summed E-state index contributed by atoms with van der Waals surface area (Å²) in [6, 6.07) is 6.77. The number of aliphatic imine (C=N–C) groups is 1. The molecule has 2 heterocycles. The third kappa shape index (κ3) is 6.32. The molecule has 1 aromatic rings. The first-order valence-electron chi connectivity index (χ1n) is 10.5. The number of guanidine groups is 1. The Labute approximate surface area is 187 Å². The van der Waals surface area contributed by atoms with E-state index >= 15 is 0 Å². The molecule has 5 nitrogen and oxygen atoms in total. The number of ether oxygens (including phenoxy) is 1. The summed E-state index contributed by atoms with van der Waals surface area (Å²) in [5, 5.41) is 7.10. The topological polar surface area (TPSA) is 48.9 Å². The van der Waals surface area contributed by atoms with Gasteiger partial charge in [-0.1, -0.05) is 29.3 Å². The number of hydrogen-bond donors (Lipinski definition) is 2. The van der Waals surface area contributed by atoms with Gasteiger partial charge in [-0.05, 0) is 64.6 Å². The monoisotopic (exact) mass is 500 g/mol. The quantitative estimate of drug-likeness (QED) is 0.358.